The van der Waals surface area contributed by atoms with E-state index in [1.165, 1.54) is 12.5 Å². The van der Waals surface area contributed by atoms with Crippen LogP contribution in [-0.2, 0) is 14.3 Å². The summed E-state index contributed by atoms with van der Waals surface area (Å²) in [5.41, 5.74) is 0.646. The number of rotatable bonds is 6. The average molecular weight is 403 g/mol. The highest BCUT2D eigenvalue weighted by Crippen LogP contribution is 2.31. The van der Waals surface area contributed by atoms with Crippen LogP contribution in [0.25, 0.3) is 0 Å². The lowest BCUT2D eigenvalue weighted by Gasteiger charge is -2.32. The molecule has 0 bridgehead atoms. The van der Waals surface area contributed by atoms with Crippen LogP contribution in [0.5, 0.6) is 0 Å². The highest BCUT2D eigenvalue weighted by atomic mass is 16.6. The molecule has 1 aromatic rings. The summed E-state index contributed by atoms with van der Waals surface area (Å²) in [6, 6.07) is 6.80. The van der Waals surface area contributed by atoms with Crippen LogP contribution in [0, 0.1) is 22.0 Å². The summed E-state index contributed by atoms with van der Waals surface area (Å²) in [7, 11) is 0. The summed E-state index contributed by atoms with van der Waals surface area (Å²) >= 11 is 0. The Morgan fingerprint density at radius 2 is 1.86 bits per heavy atom. The van der Waals surface area contributed by atoms with Crippen molar-refractivity contribution in [3.63, 3.8) is 0 Å². The molecule has 0 unspecified atom stereocenters. The summed E-state index contributed by atoms with van der Waals surface area (Å²) in [6.45, 7) is 2.97. The molecule has 1 saturated carbocycles. The predicted octanol–water partition coefficient (Wildman–Crippen LogP) is 3.05. The Morgan fingerprint density at radius 3 is 2.55 bits per heavy atom. The summed E-state index contributed by atoms with van der Waals surface area (Å²) in [5, 5.41) is 14.2. The van der Waals surface area contributed by atoms with E-state index in [0.29, 0.717) is 37.5 Å². The van der Waals surface area contributed by atoms with Gasteiger partial charge in [-0.05, 0) is 37.7 Å². The van der Waals surface area contributed by atoms with Crippen molar-refractivity contribution in [2.24, 2.45) is 11.8 Å². The van der Waals surface area contributed by atoms with E-state index in [1.54, 1.807) is 18.2 Å². The van der Waals surface area contributed by atoms with E-state index in [9.17, 15) is 19.7 Å². The van der Waals surface area contributed by atoms with Crippen LogP contribution < -0.4 is 10.2 Å². The van der Waals surface area contributed by atoms with E-state index in [-0.39, 0.29) is 41.1 Å². The minimum Gasteiger partial charge on any atom is -0.455 e. The number of benzene rings is 1. The number of nitro groups is 1. The molecule has 1 aromatic carbocycles. The second-order valence-electron chi connectivity index (χ2n) is 8.05. The summed E-state index contributed by atoms with van der Waals surface area (Å²) in [5.74, 6) is -0.432. The number of anilines is 1. The Balaban J connectivity index is 1.44. The van der Waals surface area contributed by atoms with Crippen molar-refractivity contribution < 1.29 is 19.2 Å². The third-order valence-electron chi connectivity index (χ3n) is 6.05. The lowest BCUT2D eigenvalue weighted by atomic mass is 9.86. The summed E-state index contributed by atoms with van der Waals surface area (Å²) in [6.07, 6.45) is 5.51. The van der Waals surface area contributed by atoms with Crippen LogP contribution in [-0.4, -0.2) is 42.5 Å². The molecule has 1 saturated heterocycles. The summed E-state index contributed by atoms with van der Waals surface area (Å²) < 4.78 is 5.25. The van der Waals surface area contributed by atoms with Crippen LogP contribution in [0.1, 0.15) is 45.4 Å². The van der Waals surface area contributed by atoms with Gasteiger partial charge >= 0.3 is 5.97 Å². The molecule has 1 N–H and O–H groups in total. The van der Waals surface area contributed by atoms with Gasteiger partial charge in [0.05, 0.1) is 10.8 Å². The second kappa shape index (κ2) is 9.71. The smallest absolute Gasteiger partial charge is 0.309 e. The maximum Gasteiger partial charge on any atom is 0.309 e. The first-order chi connectivity index (χ1) is 14.0. The van der Waals surface area contributed by atoms with Gasteiger partial charge < -0.3 is 15.0 Å². The normalized spacial score (nSPS) is 22.7. The van der Waals surface area contributed by atoms with E-state index >= 15 is 0 Å². The molecule has 1 aliphatic heterocycles. The Hall–Kier alpha value is -2.64. The maximum absolute atomic E-state index is 12.3. The van der Waals surface area contributed by atoms with Crippen LogP contribution in [0.15, 0.2) is 24.3 Å². The van der Waals surface area contributed by atoms with Crippen molar-refractivity contribution in [1.82, 2.24) is 5.32 Å². The van der Waals surface area contributed by atoms with Crippen LogP contribution in [0.3, 0.4) is 0 Å². The van der Waals surface area contributed by atoms with Gasteiger partial charge in [0.2, 0.25) is 0 Å². The molecule has 158 valence electrons. The van der Waals surface area contributed by atoms with Gasteiger partial charge in [0.25, 0.3) is 11.6 Å². The van der Waals surface area contributed by atoms with Crippen LogP contribution >= 0.6 is 0 Å². The van der Waals surface area contributed by atoms with Crippen molar-refractivity contribution in [3.8, 4) is 0 Å². The van der Waals surface area contributed by atoms with E-state index in [4.69, 9.17) is 4.74 Å². The van der Waals surface area contributed by atoms with Crippen LogP contribution in [0.2, 0.25) is 0 Å². The lowest BCUT2D eigenvalue weighted by molar-refractivity contribution is -0.384. The predicted molar refractivity (Wildman–Crippen MR) is 109 cm³/mol. The zero-order chi connectivity index (χ0) is 20.8. The number of nitro benzene ring substituents is 1. The number of para-hydroxylation sites is 2. The zero-order valence-electron chi connectivity index (χ0n) is 16.8. The third kappa shape index (κ3) is 5.46. The van der Waals surface area contributed by atoms with Gasteiger partial charge in [-0.25, -0.2) is 0 Å². The fraction of sp³-hybridized carbons (Fsp3) is 0.619. The standard InChI is InChI=1S/C21H29N3O5/c1-15-6-2-3-7-17(15)22-20(25)14-29-21(26)16-10-12-23(13-11-16)18-8-4-5-9-19(18)24(27)28/h4-5,8-9,15-17H,2-3,6-7,10-14H2,1H3,(H,22,25)/t15-,17-/m1/s1. The molecule has 1 heterocycles. The first-order valence-corrected chi connectivity index (χ1v) is 10.4. The summed E-state index contributed by atoms with van der Waals surface area (Å²) in [4.78, 5) is 37.2. The van der Waals surface area contributed by atoms with Crippen molar-refractivity contribution in [2.75, 3.05) is 24.6 Å². The van der Waals surface area contributed by atoms with Gasteiger partial charge in [-0.15, -0.1) is 0 Å². The van der Waals surface area contributed by atoms with Gasteiger partial charge in [-0.2, -0.15) is 0 Å². The molecule has 2 fully saturated rings. The first-order valence-electron chi connectivity index (χ1n) is 10.4. The lowest BCUT2D eigenvalue weighted by Crippen LogP contribution is -2.43. The number of carbonyl (C=O) groups excluding carboxylic acids is 2. The number of hydrogen-bond acceptors (Lipinski definition) is 6. The highest BCUT2D eigenvalue weighted by Gasteiger charge is 2.30. The maximum atomic E-state index is 12.3. The highest BCUT2D eigenvalue weighted by molar-refractivity contribution is 5.81. The number of hydrogen-bond donors (Lipinski definition) is 1. The topological polar surface area (TPSA) is 102 Å². The number of nitrogens with one attached hydrogen (secondary N) is 1. The molecule has 1 aliphatic carbocycles. The van der Waals surface area contributed by atoms with Gasteiger partial charge in [0, 0.05) is 25.2 Å². The Morgan fingerprint density at radius 1 is 1.17 bits per heavy atom. The molecular formula is C21H29N3O5. The largest absolute Gasteiger partial charge is 0.455 e. The number of carbonyl (C=O) groups is 2. The molecule has 2 atom stereocenters. The van der Waals surface area contributed by atoms with Crippen molar-refractivity contribution in [2.45, 2.75) is 51.5 Å². The van der Waals surface area contributed by atoms with E-state index in [1.807, 2.05) is 4.90 Å². The van der Waals surface area contributed by atoms with E-state index in [2.05, 4.69) is 12.2 Å². The van der Waals surface area contributed by atoms with Crippen LogP contribution in [0.4, 0.5) is 11.4 Å². The van der Waals surface area contributed by atoms with Gasteiger partial charge in [-0.1, -0.05) is 31.9 Å². The average Bonchev–Trinajstić information content (AvgIpc) is 2.74. The zero-order valence-corrected chi connectivity index (χ0v) is 16.8. The Labute approximate surface area is 170 Å². The molecular weight excluding hydrogens is 374 g/mol. The molecule has 0 spiro atoms. The molecule has 29 heavy (non-hydrogen) atoms. The third-order valence-corrected chi connectivity index (χ3v) is 6.05. The number of ether oxygens (including phenoxy) is 1. The monoisotopic (exact) mass is 403 g/mol. The van der Waals surface area contributed by atoms with Crippen molar-refractivity contribution in [3.05, 3.63) is 34.4 Å². The number of piperidine rings is 1. The molecule has 3 rings (SSSR count). The fourth-order valence-corrected chi connectivity index (χ4v) is 4.28. The Bertz CT molecular complexity index is 746. The molecule has 2 aliphatic rings. The van der Waals surface area contributed by atoms with Gasteiger partial charge in [0.15, 0.2) is 6.61 Å². The minimum atomic E-state index is -0.387. The van der Waals surface area contributed by atoms with Crippen molar-refractivity contribution >= 4 is 23.3 Å². The Kier molecular flexibility index (Phi) is 7.06. The number of amides is 1. The SMILES string of the molecule is C[C@@H]1CCCC[C@H]1NC(=O)COC(=O)C1CCN(c2ccccc2[N+](=O)[O-])CC1. The molecule has 1 amide bonds. The van der Waals surface area contributed by atoms with Gasteiger partial charge in [-0.3, -0.25) is 19.7 Å². The quantitative estimate of drug-likeness (QED) is 0.445. The van der Waals surface area contributed by atoms with E-state index < -0.39 is 0 Å². The first kappa shape index (κ1) is 21.1. The fourth-order valence-electron chi connectivity index (χ4n) is 4.28. The van der Waals surface area contributed by atoms with Gasteiger partial charge in [0.1, 0.15) is 5.69 Å². The molecule has 0 aromatic heterocycles. The number of esters is 1. The molecule has 0 radical (unpaired) electrons. The molecule has 8 nitrogen and oxygen atoms in total. The van der Waals surface area contributed by atoms with Crippen molar-refractivity contribution in [1.29, 1.82) is 0 Å². The minimum absolute atomic E-state index is 0.0714. The number of nitrogens with zero attached hydrogens (tertiary/aromatic N) is 2. The van der Waals surface area contributed by atoms with E-state index in [0.717, 1.165) is 19.3 Å². The second-order valence-corrected chi connectivity index (χ2v) is 8.05. The molecule has 8 heteroatoms.